The number of carbonyl (C=O) groups is 1. The van der Waals surface area contributed by atoms with E-state index in [2.05, 4.69) is 10.3 Å². The van der Waals surface area contributed by atoms with E-state index >= 15 is 0 Å². The largest absolute Gasteiger partial charge is 0.339 e. The molecule has 1 amide bonds. The molecule has 154 valence electrons. The van der Waals surface area contributed by atoms with E-state index in [1.165, 1.54) is 12.8 Å². The van der Waals surface area contributed by atoms with Gasteiger partial charge in [-0.25, -0.2) is 0 Å². The number of nitrogens with one attached hydrogen (secondary N) is 1. The highest BCUT2D eigenvalue weighted by Crippen LogP contribution is 2.32. The van der Waals surface area contributed by atoms with Crippen LogP contribution in [0.4, 0.5) is 0 Å². The van der Waals surface area contributed by atoms with Crippen LogP contribution >= 0.6 is 36.4 Å². The summed E-state index contributed by atoms with van der Waals surface area (Å²) in [6, 6.07) is 7.48. The van der Waals surface area contributed by atoms with Crippen molar-refractivity contribution in [2.75, 3.05) is 26.2 Å². The number of piperidine rings is 2. The van der Waals surface area contributed by atoms with Crippen LogP contribution in [0.1, 0.15) is 41.7 Å². The van der Waals surface area contributed by atoms with E-state index in [0.717, 1.165) is 73.0 Å². The molecule has 0 unspecified atom stereocenters. The molecule has 2 aliphatic heterocycles. The van der Waals surface area contributed by atoms with Gasteiger partial charge in [0.1, 0.15) is 0 Å². The van der Waals surface area contributed by atoms with Gasteiger partial charge in [-0.3, -0.25) is 9.78 Å². The Bertz CT molecular complexity index is 816. The normalized spacial score (nSPS) is 18.4. The second-order valence-corrected chi connectivity index (χ2v) is 8.13. The van der Waals surface area contributed by atoms with E-state index in [0.29, 0.717) is 5.02 Å². The standard InChI is InChI=1S/C21H26ClN3O.2ClH/c1-14-12-19(18-13-17(22)2-3-20(18)24-14)21(26)25-10-6-16(7-11-25)15-4-8-23-9-5-15;;/h2-3,12-13,15-16,23H,4-11H2,1H3;2*1H. The fraction of sp³-hybridized carbons (Fsp3) is 0.524. The molecular weight excluding hydrogens is 417 g/mol. The third-order valence-electron chi connectivity index (χ3n) is 6.01. The van der Waals surface area contributed by atoms with Crippen molar-refractivity contribution >= 4 is 53.2 Å². The lowest BCUT2D eigenvalue weighted by Crippen LogP contribution is -2.42. The van der Waals surface area contributed by atoms with Gasteiger partial charge < -0.3 is 10.2 Å². The van der Waals surface area contributed by atoms with E-state index in [1.54, 1.807) is 0 Å². The number of rotatable bonds is 2. The van der Waals surface area contributed by atoms with Crippen molar-refractivity contribution in [1.29, 1.82) is 0 Å². The zero-order chi connectivity index (χ0) is 18.1. The fourth-order valence-electron chi connectivity index (χ4n) is 4.57. The van der Waals surface area contributed by atoms with Gasteiger partial charge in [0.25, 0.3) is 5.91 Å². The minimum absolute atomic E-state index is 0. The number of amides is 1. The predicted molar refractivity (Wildman–Crippen MR) is 120 cm³/mol. The number of hydrogen-bond donors (Lipinski definition) is 1. The molecule has 2 aliphatic rings. The van der Waals surface area contributed by atoms with Crippen molar-refractivity contribution in [3.05, 3.63) is 40.5 Å². The van der Waals surface area contributed by atoms with E-state index in [9.17, 15) is 4.79 Å². The van der Waals surface area contributed by atoms with Crippen LogP contribution in [0, 0.1) is 18.8 Å². The van der Waals surface area contributed by atoms with E-state index in [1.807, 2.05) is 36.1 Å². The average Bonchev–Trinajstić information content (AvgIpc) is 2.68. The first-order valence-electron chi connectivity index (χ1n) is 9.69. The summed E-state index contributed by atoms with van der Waals surface area (Å²) < 4.78 is 0. The SMILES string of the molecule is Cc1cc(C(=O)N2CCC(C3CCNCC3)CC2)c2cc(Cl)ccc2n1.Cl.Cl. The molecule has 28 heavy (non-hydrogen) atoms. The van der Waals surface area contributed by atoms with Crippen molar-refractivity contribution < 1.29 is 4.79 Å². The van der Waals surface area contributed by atoms with Crippen LogP contribution in [-0.2, 0) is 0 Å². The lowest BCUT2D eigenvalue weighted by molar-refractivity contribution is 0.0644. The molecule has 1 N–H and O–H groups in total. The van der Waals surface area contributed by atoms with E-state index in [4.69, 9.17) is 11.6 Å². The maximum Gasteiger partial charge on any atom is 0.254 e. The van der Waals surface area contributed by atoms with Crippen molar-refractivity contribution in [1.82, 2.24) is 15.2 Å². The van der Waals surface area contributed by atoms with Crippen molar-refractivity contribution in [2.45, 2.75) is 32.6 Å². The monoisotopic (exact) mass is 443 g/mol. The predicted octanol–water partition coefficient (Wildman–Crippen LogP) is 4.89. The van der Waals surface area contributed by atoms with E-state index < -0.39 is 0 Å². The number of halogens is 3. The zero-order valence-electron chi connectivity index (χ0n) is 16.1. The Morgan fingerprint density at radius 2 is 1.71 bits per heavy atom. The molecule has 4 rings (SSSR count). The zero-order valence-corrected chi connectivity index (χ0v) is 18.5. The van der Waals surface area contributed by atoms with Gasteiger partial charge in [0.05, 0.1) is 11.1 Å². The molecule has 0 radical (unpaired) electrons. The Kier molecular flexibility index (Phi) is 8.38. The van der Waals surface area contributed by atoms with Crippen LogP contribution in [0.15, 0.2) is 24.3 Å². The maximum absolute atomic E-state index is 13.2. The van der Waals surface area contributed by atoms with Gasteiger partial charge in [0.2, 0.25) is 0 Å². The summed E-state index contributed by atoms with van der Waals surface area (Å²) in [5.74, 6) is 1.72. The molecule has 0 aliphatic carbocycles. The number of aromatic nitrogens is 1. The Hall–Kier alpha value is -1.07. The quantitative estimate of drug-likeness (QED) is 0.717. The first-order chi connectivity index (χ1) is 12.6. The summed E-state index contributed by atoms with van der Waals surface area (Å²) >= 11 is 6.17. The number of carbonyl (C=O) groups excluding carboxylic acids is 1. The average molecular weight is 445 g/mol. The lowest BCUT2D eigenvalue weighted by atomic mass is 9.79. The number of fused-ring (bicyclic) bond motifs is 1. The van der Waals surface area contributed by atoms with Gasteiger partial charge in [0, 0.05) is 29.2 Å². The molecule has 4 nitrogen and oxygen atoms in total. The fourth-order valence-corrected chi connectivity index (χ4v) is 4.74. The lowest BCUT2D eigenvalue weighted by Gasteiger charge is -2.38. The molecule has 2 aromatic rings. The summed E-state index contributed by atoms with van der Waals surface area (Å²) in [4.78, 5) is 19.8. The van der Waals surface area contributed by atoms with Crippen molar-refractivity contribution in [3.63, 3.8) is 0 Å². The minimum atomic E-state index is 0. The van der Waals surface area contributed by atoms with Crippen LogP contribution in [-0.4, -0.2) is 42.0 Å². The van der Waals surface area contributed by atoms with Crippen LogP contribution in [0.5, 0.6) is 0 Å². The van der Waals surface area contributed by atoms with E-state index in [-0.39, 0.29) is 30.7 Å². The summed E-state index contributed by atoms with van der Waals surface area (Å²) in [7, 11) is 0. The summed E-state index contributed by atoms with van der Waals surface area (Å²) in [5, 5.41) is 4.94. The molecule has 0 bridgehead atoms. The summed E-state index contributed by atoms with van der Waals surface area (Å²) in [5.41, 5.74) is 2.44. The molecule has 0 atom stereocenters. The third-order valence-corrected chi connectivity index (χ3v) is 6.24. The highest BCUT2D eigenvalue weighted by atomic mass is 35.5. The summed E-state index contributed by atoms with van der Waals surface area (Å²) in [6.45, 7) is 5.95. The van der Waals surface area contributed by atoms with Gasteiger partial charge in [-0.1, -0.05) is 11.6 Å². The molecule has 0 spiro atoms. The highest BCUT2D eigenvalue weighted by molar-refractivity contribution is 6.31. The summed E-state index contributed by atoms with van der Waals surface area (Å²) in [6.07, 6.45) is 4.81. The minimum Gasteiger partial charge on any atom is -0.339 e. The van der Waals surface area contributed by atoms with Gasteiger partial charge in [-0.05, 0) is 81.8 Å². The number of nitrogens with zero attached hydrogens (tertiary/aromatic N) is 2. The number of pyridine rings is 1. The van der Waals surface area contributed by atoms with Crippen molar-refractivity contribution in [3.8, 4) is 0 Å². The van der Waals surface area contributed by atoms with Crippen LogP contribution in [0.3, 0.4) is 0 Å². The first-order valence-corrected chi connectivity index (χ1v) is 10.1. The molecule has 2 saturated heterocycles. The second kappa shape index (κ2) is 10.1. The van der Waals surface area contributed by atoms with Crippen LogP contribution < -0.4 is 5.32 Å². The maximum atomic E-state index is 13.2. The number of aryl methyl sites for hydroxylation is 1. The number of likely N-dealkylation sites (tertiary alicyclic amines) is 1. The smallest absolute Gasteiger partial charge is 0.254 e. The van der Waals surface area contributed by atoms with Gasteiger partial charge in [-0.2, -0.15) is 0 Å². The molecule has 0 saturated carbocycles. The van der Waals surface area contributed by atoms with Crippen molar-refractivity contribution in [2.24, 2.45) is 11.8 Å². The Balaban J connectivity index is 0.00000140. The number of benzene rings is 1. The van der Waals surface area contributed by atoms with Gasteiger partial charge in [-0.15, -0.1) is 24.8 Å². The van der Waals surface area contributed by atoms with Crippen LogP contribution in [0.2, 0.25) is 5.02 Å². The molecule has 1 aromatic carbocycles. The molecule has 2 fully saturated rings. The third kappa shape index (κ3) is 4.91. The molecule has 1 aromatic heterocycles. The van der Waals surface area contributed by atoms with Gasteiger partial charge >= 0.3 is 0 Å². The topological polar surface area (TPSA) is 45.2 Å². The molecular formula is C21H28Cl3N3O. The van der Waals surface area contributed by atoms with Crippen LogP contribution in [0.25, 0.3) is 10.9 Å². The number of hydrogen-bond acceptors (Lipinski definition) is 3. The Labute approximate surface area is 184 Å². The highest BCUT2D eigenvalue weighted by Gasteiger charge is 2.30. The molecule has 7 heteroatoms. The Morgan fingerprint density at radius 3 is 2.39 bits per heavy atom. The second-order valence-electron chi connectivity index (χ2n) is 7.69. The first kappa shape index (κ1) is 23.2. The Morgan fingerprint density at radius 1 is 1.07 bits per heavy atom. The van der Waals surface area contributed by atoms with Gasteiger partial charge in [0.15, 0.2) is 0 Å². The molecule has 3 heterocycles.